The molecule has 2 fully saturated rings. The first-order valence-corrected chi connectivity index (χ1v) is 8.72. The largest absolute Gasteiger partial charge is 0.204 e. The highest BCUT2D eigenvalue weighted by Gasteiger charge is 2.36. The van der Waals surface area contributed by atoms with Gasteiger partial charge in [-0.05, 0) is 73.5 Å². The van der Waals surface area contributed by atoms with E-state index in [0.29, 0.717) is 11.5 Å². The number of hydrogen-bond donors (Lipinski definition) is 0. The van der Waals surface area contributed by atoms with Gasteiger partial charge in [0, 0.05) is 0 Å². The van der Waals surface area contributed by atoms with Crippen LogP contribution in [0, 0.1) is 35.2 Å². The van der Waals surface area contributed by atoms with Crippen LogP contribution in [0.25, 0.3) is 0 Å². The number of rotatable bonds is 3. The highest BCUT2D eigenvalue weighted by molar-refractivity contribution is 5.24. The van der Waals surface area contributed by atoms with Crippen molar-refractivity contribution in [3.8, 4) is 0 Å². The lowest BCUT2D eigenvalue weighted by atomic mass is 9.63. The fourth-order valence-electron chi connectivity index (χ4n) is 4.77. The molecule has 0 aromatic heterocycles. The zero-order valence-corrected chi connectivity index (χ0v) is 13.3. The second-order valence-electron chi connectivity index (χ2n) is 7.30. The Labute approximate surface area is 131 Å². The number of benzene rings is 1. The SMILES string of the molecule is CCC[C@@H]1CC[C@@H]2C[C@H](c3cc(F)c(F)c(F)c3)CC[C@@H]2C1. The average Bonchev–Trinajstić information content (AvgIpc) is 2.52. The topological polar surface area (TPSA) is 0 Å². The normalized spacial score (nSPS) is 31.8. The molecule has 0 bridgehead atoms. The van der Waals surface area contributed by atoms with Crippen molar-refractivity contribution in [1.82, 2.24) is 0 Å². The minimum Gasteiger partial charge on any atom is -0.204 e. The summed E-state index contributed by atoms with van der Waals surface area (Å²) in [7, 11) is 0. The summed E-state index contributed by atoms with van der Waals surface area (Å²) in [4.78, 5) is 0. The standard InChI is InChI=1S/C19H25F3/c1-2-3-12-4-5-14-9-15(7-6-13(14)8-12)16-10-17(20)19(22)18(21)11-16/h10-15H,2-9H2,1H3/t12-,13-,14-,15-/m1/s1. The quantitative estimate of drug-likeness (QED) is 0.583. The van der Waals surface area contributed by atoms with Gasteiger partial charge < -0.3 is 0 Å². The number of hydrogen-bond acceptors (Lipinski definition) is 0. The fourth-order valence-corrected chi connectivity index (χ4v) is 4.77. The van der Waals surface area contributed by atoms with Crippen LogP contribution in [0.1, 0.15) is 69.8 Å². The Bertz CT molecular complexity index is 502. The van der Waals surface area contributed by atoms with E-state index in [-0.39, 0.29) is 5.92 Å². The Morgan fingerprint density at radius 1 is 0.909 bits per heavy atom. The zero-order valence-electron chi connectivity index (χ0n) is 13.3. The van der Waals surface area contributed by atoms with Crippen LogP contribution >= 0.6 is 0 Å². The number of fused-ring (bicyclic) bond motifs is 1. The Balaban J connectivity index is 1.68. The molecule has 4 atom stereocenters. The third kappa shape index (κ3) is 3.18. The van der Waals surface area contributed by atoms with Gasteiger partial charge in [-0.25, -0.2) is 13.2 Å². The molecule has 1 aromatic carbocycles. The van der Waals surface area contributed by atoms with Crippen LogP contribution in [-0.2, 0) is 0 Å². The average molecular weight is 310 g/mol. The van der Waals surface area contributed by atoms with Crippen LogP contribution in [0.4, 0.5) is 13.2 Å². The van der Waals surface area contributed by atoms with Gasteiger partial charge in [-0.2, -0.15) is 0 Å². The molecule has 0 spiro atoms. The molecule has 0 heterocycles. The third-order valence-electron chi connectivity index (χ3n) is 5.90. The van der Waals surface area contributed by atoms with Crippen LogP contribution in [0.2, 0.25) is 0 Å². The molecule has 1 aromatic rings. The molecule has 3 rings (SSSR count). The Morgan fingerprint density at radius 3 is 2.23 bits per heavy atom. The summed E-state index contributed by atoms with van der Waals surface area (Å²) in [5.74, 6) is -0.915. The summed E-state index contributed by atoms with van der Waals surface area (Å²) in [6.07, 6.45) is 9.61. The summed E-state index contributed by atoms with van der Waals surface area (Å²) in [6, 6.07) is 2.40. The van der Waals surface area contributed by atoms with E-state index in [9.17, 15) is 13.2 Å². The first-order valence-electron chi connectivity index (χ1n) is 8.72. The van der Waals surface area contributed by atoms with Gasteiger partial charge in [0.1, 0.15) is 0 Å². The molecule has 0 saturated heterocycles. The van der Waals surface area contributed by atoms with Crippen molar-refractivity contribution in [3.63, 3.8) is 0 Å². The van der Waals surface area contributed by atoms with Gasteiger partial charge in [-0.1, -0.05) is 26.2 Å². The van der Waals surface area contributed by atoms with Crippen molar-refractivity contribution in [2.45, 2.75) is 64.2 Å². The molecule has 2 saturated carbocycles. The van der Waals surface area contributed by atoms with E-state index in [1.807, 2.05) is 0 Å². The molecule has 0 aliphatic heterocycles. The number of halogens is 3. The monoisotopic (exact) mass is 310 g/mol. The Morgan fingerprint density at radius 2 is 1.55 bits per heavy atom. The smallest absolute Gasteiger partial charge is 0.194 e. The van der Waals surface area contributed by atoms with Crippen molar-refractivity contribution in [1.29, 1.82) is 0 Å². The van der Waals surface area contributed by atoms with Crippen molar-refractivity contribution >= 4 is 0 Å². The first kappa shape index (κ1) is 15.9. The Kier molecular flexibility index (Phi) is 4.79. The molecule has 2 aliphatic rings. The summed E-state index contributed by atoms with van der Waals surface area (Å²) < 4.78 is 40.0. The van der Waals surface area contributed by atoms with Crippen molar-refractivity contribution < 1.29 is 13.2 Å². The van der Waals surface area contributed by atoms with Crippen LogP contribution < -0.4 is 0 Å². The van der Waals surface area contributed by atoms with Gasteiger partial charge in [-0.3, -0.25) is 0 Å². The van der Waals surface area contributed by atoms with Gasteiger partial charge in [0.25, 0.3) is 0 Å². The van der Waals surface area contributed by atoms with E-state index in [1.54, 1.807) is 0 Å². The second kappa shape index (κ2) is 6.64. The molecular weight excluding hydrogens is 285 g/mol. The van der Waals surface area contributed by atoms with E-state index >= 15 is 0 Å². The summed E-state index contributed by atoms with van der Waals surface area (Å²) in [5, 5.41) is 0. The van der Waals surface area contributed by atoms with Crippen molar-refractivity contribution in [3.05, 3.63) is 35.1 Å². The fraction of sp³-hybridized carbons (Fsp3) is 0.684. The highest BCUT2D eigenvalue weighted by Crippen LogP contribution is 2.48. The molecule has 0 nitrogen and oxygen atoms in total. The van der Waals surface area contributed by atoms with Gasteiger partial charge >= 0.3 is 0 Å². The van der Waals surface area contributed by atoms with Crippen molar-refractivity contribution in [2.24, 2.45) is 17.8 Å². The third-order valence-corrected chi connectivity index (χ3v) is 5.90. The summed E-state index contributed by atoms with van der Waals surface area (Å²) in [5.41, 5.74) is 0.644. The predicted octanol–water partition coefficient (Wildman–Crippen LogP) is 6.20. The molecule has 0 amide bonds. The molecule has 0 N–H and O–H groups in total. The van der Waals surface area contributed by atoms with E-state index < -0.39 is 17.5 Å². The van der Waals surface area contributed by atoms with Gasteiger partial charge in [0.2, 0.25) is 0 Å². The maximum absolute atomic E-state index is 13.4. The maximum atomic E-state index is 13.4. The predicted molar refractivity (Wildman–Crippen MR) is 82.1 cm³/mol. The molecule has 22 heavy (non-hydrogen) atoms. The zero-order chi connectivity index (χ0) is 15.7. The van der Waals surface area contributed by atoms with E-state index in [0.717, 1.165) is 31.1 Å². The highest BCUT2D eigenvalue weighted by atomic mass is 19.2. The molecule has 3 heteroatoms. The van der Waals surface area contributed by atoms with E-state index in [2.05, 4.69) is 6.92 Å². The lowest BCUT2D eigenvalue weighted by Crippen LogP contribution is -2.30. The minimum atomic E-state index is -1.35. The first-order chi connectivity index (χ1) is 10.6. The van der Waals surface area contributed by atoms with Gasteiger partial charge in [0.15, 0.2) is 17.5 Å². The second-order valence-corrected chi connectivity index (χ2v) is 7.30. The molecule has 0 radical (unpaired) electrons. The maximum Gasteiger partial charge on any atom is 0.194 e. The Hall–Kier alpha value is -0.990. The molecular formula is C19H25F3. The minimum absolute atomic E-state index is 0.188. The van der Waals surface area contributed by atoms with Crippen LogP contribution in [0.15, 0.2) is 12.1 Å². The molecule has 2 aliphatic carbocycles. The van der Waals surface area contributed by atoms with Crippen LogP contribution in [0.5, 0.6) is 0 Å². The van der Waals surface area contributed by atoms with Gasteiger partial charge in [0.05, 0.1) is 0 Å². The molecule has 0 unspecified atom stereocenters. The summed E-state index contributed by atoms with van der Waals surface area (Å²) >= 11 is 0. The van der Waals surface area contributed by atoms with Crippen LogP contribution in [0.3, 0.4) is 0 Å². The molecule has 122 valence electrons. The van der Waals surface area contributed by atoms with Gasteiger partial charge in [-0.15, -0.1) is 0 Å². The lowest BCUT2D eigenvalue weighted by molar-refractivity contribution is 0.114. The van der Waals surface area contributed by atoms with Crippen molar-refractivity contribution in [2.75, 3.05) is 0 Å². The summed E-state index contributed by atoms with van der Waals surface area (Å²) in [6.45, 7) is 2.25. The van der Waals surface area contributed by atoms with E-state index in [1.165, 1.54) is 44.2 Å². The van der Waals surface area contributed by atoms with Crippen LogP contribution in [-0.4, -0.2) is 0 Å². The lowest BCUT2D eigenvalue weighted by Gasteiger charge is -2.42. The van der Waals surface area contributed by atoms with E-state index in [4.69, 9.17) is 0 Å².